The van der Waals surface area contributed by atoms with Crippen LogP contribution < -0.4 is 10.8 Å². The number of benzene rings is 2. The van der Waals surface area contributed by atoms with Crippen LogP contribution in [0.4, 0.5) is 4.79 Å². The number of aromatic amines is 1. The number of urea groups is 1. The summed E-state index contributed by atoms with van der Waals surface area (Å²) in [5.41, 5.74) is 5.91. The summed E-state index contributed by atoms with van der Waals surface area (Å²) in [6.45, 7) is 7.59. The molecule has 0 spiro atoms. The molecule has 10 heteroatoms. The van der Waals surface area contributed by atoms with Gasteiger partial charge < -0.3 is 15.4 Å². The molecule has 0 bridgehead atoms. The molecule has 4 rings (SSSR count). The molecule has 1 saturated heterocycles. The van der Waals surface area contributed by atoms with Crippen LogP contribution in [0.1, 0.15) is 56.1 Å². The number of rotatable bonds is 10. The molecule has 2 heterocycles. The second-order valence-corrected chi connectivity index (χ2v) is 8.70. The lowest BCUT2D eigenvalue weighted by molar-refractivity contribution is -0.138. The molecule has 38 heavy (non-hydrogen) atoms. The van der Waals surface area contributed by atoms with Crippen molar-refractivity contribution in [3.8, 4) is 11.3 Å². The minimum atomic E-state index is -1.05. The topological polar surface area (TPSA) is 137 Å². The van der Waals surface area contributed by atoms with E-state index in [1.807, 2.05) is 82.3 Å². The van der Waals surface area contributed by atoms with Gasteiger partial charge in [-0.2, -0.15) is 0 Å². The van der Waals surface area contributed by atoms with Crippen molar-refractivity contribution in [1.29, 1.82) is 0 Å². The Bertz CT molecular complexity index is 1210. The Morgan fingerprint density at radius 3 is 2.47 bits per heavy atom. The van der Waals surface area contributed by atoms with Crippen molar-refractivity contribution in [1.82, 2.24) is 25.7 Å². The van der Waals surface area contributed by atoms with Crippen LogP contribution in [0.2, 0.25) is 0 Å². The standard InChI is InChI=1S/C26H29N5O5.C2H6/c1-16-8-10-19(11-9-16)21-15-27-24(28-21)23(17(2)18-6-4-3-5-7-18)31-25(34)20(29-26(31)35)14-22(33)30-36-13-12-32;1-2/h3-11,15,17,20,23,32H,12-14H2,1-2H3,(H,27,28)(H,29,35)(H,30,33);1-2H3/t17?,20-,23+;/m1./s1. The van der Waals surface area contributed by atoms with Gasteiger partial charge in [-0.15, -0.1) is 0 Å². The molecule has 202 valence electrons. The summed E-state index contributed by atoms with van der Waals surface area (Å²) in [6.07, 6.45) is 1.39. The molecule has 1 fully saturated rings. The second-order valence-electron chi connectivity index (χ2n) is 8.70. The molecular weight excluding hydrogens is 486 g/mol. The molecule has 1 aliphatic heterocycles. The number of hydroxylamine groups is 1. The highest BCUT2D eigenvalue weighted by atomic mass is 16.7. The van der Waals surface area contributed by atoms with E-state index in [0.717, 1.165) is 27.3 Å². The number of imide groups is 1. The molecule has 4 amide bonds. The van der Waals surface area contributed by atoms with Crippen LogP contribution in [-0.2, 0) is 14.4 Å². The van der Waals surface area contributed by atoms with E-state index in [1.165, 1.54) is 0 Å². The van der Waals surface area contributed by atoms with Crippen molar-refractivity contribution in [2.45, 2.75) is 52.1 Å². The number of nitrogens with zero attached hydrogens (tertiary/aromatic N) is 2. The fourth-order valence-corrected chi connectivity index (χ4v) is 4.24. The number of carbonyl (C=O) groups is 3. The third kappa shape index (κ3) is 6.64. The van der Waals surface area contributed by atoms with E-state index in [4.69, 9.17) is 9.94 Å². The normalized spacial score (nSPS) is 16.3. The summed E-state index contributed by atoms with van der Waals surface area (Å²) in [5, 5.41) is 11.4. The third-order valence-electron chi connectivity index (χ3n) is 6.14. The lowest BCUT2D eigenvalue weighted by atomic mass is 9.91. The van der Waals surface area contributed by atoms with Crippen LogP contribution in [0.25, 0.3) is 11.3 Å². The number of aromatic nitrogens is 2. The zero-order chi connectivity index (χ0) is 27.7. The predicted molar refractivity (Wildman–Crippen MR) is 143 cm³/mol. The van der Waals surface area contributed by atoms with Crippen LogP contribution in [-0.4, -0.2) is 57.1 Å². The van der Waals surface area contributed by atoms with Gasteiger partial charge in [0.15, 0.2) is 0 Å². The van der Waals surface area contributed by atoms with Crippen molar-refractivity contribution in [2.75, 3.05) is 13.2 Å². The molecule has 10 nitrogen and oxygen atoms in total. The molecule has 0 radical (unpaired) electrons. The Morgan fingerprint density at radius 2 is 1.82 bits per heavy atom. The minimum Gasteiger partial charge on any atom is -0.394 e. The molecule has 4 N–H and O–H groups in total. The van der Waals surface area contributed by atoms with E-state index in [9.17, 15) is 14.4 Å². The van der Waals surface area contributed by atoms with Crippen molar-refractivity contribution >= 4 is 17.8 Å². The number of imidazole rings is 1. The van der Waals surface area contributed by atoms with E-state index >= 15 is 0 Å². The number of hydrogen-bond donors (Lipinski definition) is 4. The summed E-state index contributed by atoms with van der Waals surface area (Å²) in [4.78, 5) is 52.4. The number of aliphatic hydroxyl groups is 1. The maximum Gasteiger partial charge on any atom is 0.325 e. The molecule has 0 saturated carbocycles. The van der Waals surface area contributed by atoms with Gasteiger partial charge in [0.25, 0.3) is 5.91 Å². The van der Waals surface area contributed by atoms with Gasteiger partial charge in [0.05, 0.1) is 31.5 Å². The monoisotopic (exact) mass is 521 g/mol. The lowest BCUT2D eigenvalue weighted by Crippen LogP contribution is -2.39. The first-order chi connectivity index (χ1) is 18.4. The average Bonchev–Trinajstić information content (AvgIpc) is 3.52. The van der Waals surface area contributed by atoms with Gasteiger partial charge in [-0.1, -0.05) is 80.9 Å². The Balaban J connectivity index is 0.00000195. The molecule has 2 aromatic carbocycles. The number of amides is 4. The highest BCUT2D eigenvalue weighted by Crippen LogP contribution is 2.37. The fourth-order valence-electron chi connectivity index (χ4n) is 4.24. The molecule has 0 aliphatic carbocycles. The highest BCUT2D eigenvalue weighted by Gasteiger charge is 2.46. The van der Waals surface area contributed by atoms with Crippen molar-refractivity contribution in [3.05, 3.63) is 77.7 Å². The average molecular weight is 522 g/mol. The molecule has 1 aliphatic rings. The predicted octanol–water partition coefficient (Wildman–Crippen LogP) is 3.61. The highest BCUT2D eigenvalue weighted by molar-refractivity contribution is 6.06. The number of H-pyrrole nitrogens is 1. The third-order valence-corrected chi connectivity index (χ3v) is 6.14. The van der Waals surface area contributed by atoms with Gasteiger partial charge in [-0.05, 0) is 18.1 Å². The van der Waals surface area contributed by atoms with Gasteiger partial charge in [-0.25, -0.2) is 15.3 Å². The van der Waals surface area contributed by atoms with Gasteiger partial charge in [0.2, 0.25) is 5.91 Å². The first kappa shape index (κ1) is 28.5. The first-order valence-corrected chi connectivity index (χ1v) is 12.7. The summed E-state index contributed by atoms with van der Waals surface area (Å²) >= 11 is 0. The van der Waals surface area contributed by atoms with Gasteiger partial charge >= 0.3 is 6.03 Å². The fraction of sp³-hybridized carbons (Fsp3) is 0.357. The summed E-state index contributed by atoms with van der Waals surface area (Å²) < 4.78 is 0. The minimum absolute atomic E-state index is 0.0820. The Kier molecular flexibility index (Phi) is 10.1. The van der Waals surface area contributed by atoms with E-state index in [-0.39, 0.29) is 25.6 Å². The van der Waals surface area contributed by atoms with Gasteiger partial charge in [-0.3, -0.25) is 19.3 Å². The molecular formula is C28H35N5O5. The SMILES string of the molecule is CC.Cc1ccc(-c2cnc([C@H](C(C)c3ccccc3)N3C(=O)N[C@H](CC(=O)NOCCO)C3=O)[nH]2)cc1. The zero-order valence-electron chi connectivity index (χ0n) is 22.1. The Labute approximate surface area is 222 Å². The summed E-state index contributed by atoms with van der Waals surface area (Å²) in [6, 6.07) is 15.1. The Morgan fingerprint density at radius 1 is 1.13 bits per heavy atom. The number of carbonyl (C=O) groups excluding carboxylic acids is 3. The number of aliphatic hydroxyl groups excluding tert-OH is 1. The molecule has 1 unspecified atom stereocenters. The van der Waals surface area contributed by atoms with Crippen molar-refractivity contribution in [3.63, 3.8) is 0 Å². The number of aryl methyl sites for hydroxylation is 1. The number of hydrogen-bond acceptors (Lipinski definition) is 6. The van der Waals surface area contributed by atoms with Crippen LogP contribution in [0.5, 0.6) is 0 Å². The summed E-state index contributed by atoms with van der Waals surface area (Å²) in [7, 11) is 0. The van der Waals surface area contributed by atoms with E-state index in [1.54, 1.807) is 6.20 Å². The quantitative estimate of drug-likeness (QED) is 0.183. The zero-order valence-corrected chi connectivity index (χ0v) is 22.1. The van der Waals surface area contributed by atoms with E-state index < -0.39 is 29.9 Å². The van der Waals surface area contributed by atoms with Crippen molar-refractivity contribution in [2.24, 2.45) is 0 Å². The van der Waals surface area contributed by atoms with Crippen molar-refractivity contribution < 1.29 is 24.3 Å². The van der Waals surface area contributed by atoms with E-state index in [2.05, 4.69) is 20.8 Å². The maximum atomic E-state index is 13.4. The molecule has 3 aromatic rings. The lowest BCUT2D eigenvalue weighted by Gasteiger charge is -2.29. The van der Waals surface area contributed by atoms with E-state index in [0.29, 0.717) is 5.82 Å². The maximum absolute atomic E-state index is 13.4. The van der Waals surface area contributed by atoms with Gasteiger partial charge in [0.1, 0.15) is 17.9 Å². The summed E-state index contributed by atoms with van der Waals surface area (Å²) in [5.74, 6) is -0.949. The molecule has 3 atom stereocenters. The smallest absolute Gasteiger partial charge is 0.325 e. The molecule has 1 aromatic heterocycles. The first-order valence-electron chi connectivity index (χ1n) is 12.7. The van der Waals surface area contributed by atoms with Crippen LogP contribution in [0.3, 0.4) is 0 Å². The second kappa shape index (κ2) is 13.5. The van der Waals surface area contributed by atoms with Crippen LogP contribution in [0, 0.1) is 6.92 Å². The Hall–Kier alpha value is -4.02. The van der Waals surface area contributed by atoms with Crippen LogP contribution in [0.15, 0.2) is 60.8 Å². The number of nitrogens with one attached hydrogen (secondary N) is 3. The largest absolute Gasteiger partial charge is 0.394 e. The van der Waals surface area contributed by atoms with Crippen LogP contribution >= 0.6 is 0 Å². The van der Waals surface area contributed by atoms with Gasteiger partial charge in [0, 0.05) is 5.92 Å².